The van der Waals surface area contributed by atoms with Gasteiger partial charge >= 0.3 is 5.97 Å². The van der Waals surface area contributed by atoms with Crippen molar-refractivity contribution in [2.75, 3.05) is 13.1 Å². The molecule has 0 radical (unpaired) electrons. The Labute approximate surface area is 127 Å². The minimum absolute atomic E-state index is 0.330. The smallest absolute Gasteiger partial charge is 0.323 e. The Kier molecular flexibility index (Phi) is 4.75. The number of aromatic nitrogens is 1. The number of pyridine rings is 1. The summed E-state index contributed by atoms with van der Waals surface area (Å²) in [4.78, 5) is 29.0. The number of carboxylic acid groups (broad SMARTS) is 1. The van der Waals surface area contributed by atoms with E-state index in [9.17, 15) is 9.59 Å². The second kappa shape index (κ2) is 6.54. The Bertz CT molecular complexity index is 688. The highest BCUT2D eigenvalue weighted by Crippen LogP contribution is 2.25. The zero-order chi connectivity index (χ0) is 15.4. The zero-order valence-corrected chi connectivity index (χ0v) is 12.3. The van der Waals surface area contributed by atoms with E-state index in [1.807, 2.05) is 6.92 Å². The van der Waals surface area contributed by atoms with E-state index in [-0.39, 0.29) is 12.5 Å². The van der Waals surface area contributed by atoms with Gasteiger partial charge in [-0.3, -0.25) is 14.6 Å². The van der Waals surface area contributed by atoms with Crippen LogP contribution < -0.4 is 0 Å². The largest absolute Gasteiger partial charge is 0.480 e. The Balaban J connectivity index is 2.47. The van der Waals surface area contributed by atoms with Gasteiger partial charge in [0.25, 0.3) is 5.91 Å². The highest BCUT2D eigenvalue weighted by Gasteiger charge is 2.20. The van der Waals surface area contributed by atoms with Crippen LogP contribution in [0.2, 0.25) is 5.02 Å². The SMILES string of the molecule is CCCN(CC(=O)O)C(=O)c1ccc(Cl)c2cccnc12. The van der Waals surface area contributed by atoms with Gasteiger partial charge in [0.1, 0.15) is 6.54 Å². The second-order valence-electron chi connectivity index (χ2n) is 4.61. The van der Waals surface area contributed by atoms with Crippen molar-refractivity contribution in [2.45, 2.75) is 13.3 Å². The maximum absolute atomic E-state index is 12.6. The number of aliphatic carboxylic acids is 1. The molecule has 1 amide bonds. The highest BCUT2D eigenvalue weighted by atomic mass is 35.5. The van der Waals surface area contributed by atoms with Gasteiger partial charge in [0, 0.05) is 18.1 Å². The lowest BCUT2D eigenvalue weighted by Gasteiger charge is -2.20. The van der Waals surface area contributed by atoms with Gasteiger partial charge in [-0.25, -0.2) is 0 Å². The van der Waals surface area contributed by atoms with Crippen molar-refractivity contribution in [1.29, 1.82) is 0 Å². The van der Waals surface area contributed by atoms with Gasteiger partial charge in [-0.05, 0) is 30.7 Å². The van der Waals surface area contributed by atoms with Gasteiger partial charge in [-0.2, -0.15) is 0 Å². The van der Waals surface area contributed by atoms with Crippen molar-refractivity contribution in [3.63, 3.8) is 0 Å². The zero-order valence-electron chi connectivity index (χ0n) is 11.5. The van der Waals surface area contributed by atoms with E-state index in [1.165, 1.54) is 4.90 Å². The molecule has 1 aromatic heterocycles. The molecule has 0 aliphatic carbocycles. The average Bonchev–Trinajstić information content (AvgIpc) is 2.46. The van der Waals surface area contributed by atoms with E-state index < -0.39 is 5.97 Å². The topological polar surface area (TPSA) is 70.5 Å². The molecule has 0 unspecified atom stereocenters. The number of hydrogen-bond donors (Lipinski definition) is 1. The number of carboxylic acids is 1. The first kappa shape index (κ1) is 15.3. The van der Waals surface area contributed by atoms with Gasteiger partial charge < -0.3 is 10.0 Å². The summed E-state index contributed by atoms with van der Waals surface area (Å²) in [5.41, 5.74) is 0.853. The molecule has 0 saturated heterocycles. The standard InChI is InChI=1S/C15H15ClN2O3/c1-2-8-18(9-13(19)20)15(21)11-5-6-12(16)10-4-3-7-17-14(10)11/h3-7H,2,8-9H2,1H3,(H,19,20). The van der Waals surface area contributed by atoms with Crippen LogP contribution in [0.5, 0.6) is 0 Å². The average molecular weight is 307 g/mol. The summed E-state index contributed by atoms with van der Waals surface area (Å²) < 4.78 is 0. The van der Waals surface area contributed by atoms with Crippen molar-refractivity contribution in [3.8, 4) is 0 Å². The summed E-state index contributed by atoms with van der Waals surface area (Å²) >= 11 is 6.10. The molecule has 0 saturated carbocycles. The third-order valence-electron chi connectivity index (χ3n) is 3.05. The second-order valence-corrected chi connectivity index (χ2v) is 5.02. The fraction of sp³-hybridized carbons (Fsp3) is 0.267. The Morgan fingerprint density at radius 1 is 1.33 bits per heavy atom. The first-order chi connectivity index (χ1) is 10.0. The summed E-state index contributed by atoms with van der Waals surface area (Å²) in [5.74, 6) is -1.39. The van der Waals surface area contributed by atoms with Crippen LogP contribution in [0.15, 0.2) is 30.5 Å². The number of fused-ring (bicyclic) bond motifs is 1. The van der Waals surface area contributed by atoms with Gasteiger partial charge in [0.05, 0.1) is 16.1 Å². The van der Waals surface area contributed by atoms with Crippen LogP contribution in [-0.2, 0) is 4.79 Å². The van der Waals surface area contributed by atoms with E-state index in [0.29, 0.717) is 34.5 Å². The molecular formula is C15H15ClN2O3. The number of carbonyl (C=O) groups excluding carboxylic acids is 1. The molecule has 6 heteroatoms. The fourth-order valence-corrected chi connectivity index (χ4v) is 2.38. The third kappa shape index (κ3) is 3.31. The minimum atomic E-state index is -1.04. The molecular weight excluding hydrogens is 292 g/mol. The van der Waals surface area contributed by atoms with Gasteiger partial charge in [-0.15, -0.1) is 0 Å². The van der Waals surface area contributed by atoms with E-state index in [1.54, 1.807) is 30.5 Å². The Morgan fingerprint density at radius 3 is 2.76 bits per heavy atom. The summed E-state index contributed by atoms with van der Waals surface area (Å²) in [6.07, 6.45) is 2.26. The van der Waals surface area contributed by atoms with Gasteiger partial charge in [0.2, 0.25) is 0 Å². The number of carbonyl (C=O) groups is 2. The molecule has 1 heterocycles. The number of hydrogen-bond acceptors (Lipinski definition) is 3. The normalized spacial score (nSPS) is 10.6. The highest BCUT2D eigenvalue weighted by molar-refractivity contribution is 6.36. The lowest BCUT2D eigenvalue weighted by molar-refractivity contribution is -0.137. The predicted octanol–water partition coefficient (Wildman–Crippen LogP) is 2.83. The summed E-state index contributed by atoms with van der Waals surface area (Å²) in [6, 6.07) is 6.74. The summed E-state index contributed by atoms with van der Waals surface area (Å²) in [7, 11) is 0. The molecule has 110 valence electrons. The fourth-order valence-electron chi connectivity index (χ4n) is 2.17. The maximum atomic E-state index is 12.6. The van der Waals surface area contributed by atoms with Crippen molar-refractivity contribution < 1.29 is 14.7 Å². The van der Waals surface area contributed by atoms with E-state index in [4.69, 9.17) is 16.7 Å². The minimum Gasteiger partial charge on any atom is -0.480 e. The lowest BCUT2D eigenvalue weighted by Crippen LogP contribution is -2.36. The third-order valence-corrected chi connectivity index (χ3v) is 3.38. The molecule has 2 aromatic rings. The van der Waals surface area contributed by atoms with Crippen LogP contribution in [-0.4, -0.2) is 40.0 Å². The van der Waals surface area contributed by atoms with Gasteiger partial charge in [0.15, 0.2) is 0 Å². The van der Waals surface area contributed by atoms with Crippen LogP contribution in [0.25, 0.3) is 10.9 Å². The number of benzene rings is 1. The molecule has 0 aliphatic rings. The summed E-state index contributed by atoms with van der Waals surface area (Å²) in [6.45, 7) is 1.94. The van der Waals surface area contributed by atoms with Crippen molar-refractivity contribution in [2.24, 2.45) is 0 Å². The predicted molar refractivity (Wildman–Crippen MR) is 80.6 cm³/mol. The number of halogens is 1. The molecule has 5 nitrogen and oxygen atoms in total. The number of amides is 1. The molecule has 0 bridgehead atoms. The molecule has 2 rings (SSSR count). The molecule has 0 fully saturated rings. The lowest BCUT2D eigenvalue weighted by atomic mass is 10.1. The van der Waals surface area contributed by atoms with E-state index in [0.717, 1.165) is 0 Å². The van der Waals surface area contributed by atoms with Crippen LogP contribution in [0.4, 0.5) is 0 Å². The van der Waals surface area contributed by atoms with E-state index in [2.05, 4.69) is 4.98 Å². The molecule has 1 N–H and O–H groups in total. The Hall–Kier alpha value is -2.14. The van der Waals surface area contributed by atoms with Crippen LogP contribution in [0.1, 0.15) is 23.7 Å². The first-order valence-corrected chi connectivity index (χ1v) is 6.96. The Morgan fingerprint density at radius 2 is 2.10 bits per heavy atom. The number of rotatable bonds is 5. The van der Waals surface area contributed by atoms with Crippen molar-refractivity contribution in [1.82, 2.24) is 9.88 Å². The molecule has 21 heavy (non-hydrogen) atoms. The summed E-state index contributed by atoms with van der Waals surface area (Å²) in [5, 5.41) is 10.1. The first-order valence-electron chi connectivity index (χ1n) is 6.59. The quantitative estimate of drug-likeness (QED) is 0.922. The monoisotopic (exact) mass is 306 g/mol. The van der Waals surface area contributed by atoms with Crippen LogP contribution in [0, 0.1) is 0 Å². The van der Waals surface area contributed by atoms with Crippen molar-refractivity contribution in [3.05, 3.63) is 41.0 Å². The molecule has 0 atom stereocenters. The van der Waals surface area contributed by atoms with E-state index >= 15 is 0 Å². The molecule has 0 aliphatic heterocycles. The van der Waals surface area contributed by atoms with Crippen molar-refractivity contribution >= 4 is 34.4 Å². The maximum Gasteiger partial charge on any atom is 0.323 e. The van der Waals surface area contributed by atoms with Crippen LogP contribution >= 0.6 is 11.6 Å². The molecule has 1 aromatic carbocycles. The molecule has 0 spiro atoms. The van der Waals surface area contributed by atoms with Gasteiger partial charge in [-0.1, -0.05) is 18.5 Å². The number of nitrogens with zero attached hydrogens (tertiary/aromatic N) is 2. The van der Waals surface area contributed by atoms with Crippen LogP contribution in [0.3, 0.4) is 0 Å².